The highest BCUT2D eigenvalue weighted by molar-refractivity contribution is 5.52. The molecule has 0 unspecified atom stereocenters. The van der Waals surface area contributed by atoms with E-state index in [1.54, 1.807) is 19.5 Å². The standard InChI is InChI=1S/C15H14N4O2/c1-20-12-4-6-13(7-5-12)21-10-14-17-15(19-18-14)11-3-2-8-16-9-11/h2-9H,10H2,1H3,(H,17,18,19). The average Bonchev–Trinajstić information content (AvgIpc) is 3.03. The van der Waals surface area contributed by atoms with Crippen molar-refractivity contribution in [1.29, 1.82) is 0 Å². The summed E-state index contributed by atoms with van der Waals surface area (Å²) in [6.45, 7) is 0.319. The van der Waals surface area contributed by atoms with Gasteiger partial charge in [0, 0.05) is 18.0 Å². The molecule has 2 aromatic heterocycles. The van der Waals surface area contributed by atoms with E-state index < -0.39 is 0 Å². The number of hydrogen-bond acceptors (Lipinski definition) is 5. The summed E-state index contributed by atoms with van der Waals surface area (Å²) in [6, 6.07) is 11.1. The van der Waals surface area contributed by atoms with Gasteiger partial charge in [0.05, 0.1) is 7.11 Å². The van der Waals surface area contributed by atoms with Crippen LogP contribution in [0.25, 0.3) is 11.4 Å². The van der Waals surface area contributed by atoms with Gasteiger partial charge in [0.25, 0.3) is 0 Å². The molecule has 1 N–H and O–H groups in total. The van der Waals surface area contributed by atoms with E-state index in [4.69, 9.17) is 9.47 Å². The summed E-state index contributed by atoms with van der Waals surface area (Å²) in [7, 11) is 1.63. The number of H-pyrrole nitrogens is 1. The fourth-order valence-corrected chi connectivity index (χ4v) is 1.81. The Hall–Kier alpha value is -2.89. The van der Waals surface area contributed by atoms with E-state index in [9.17, 15) is 0 Å². The van der Waals surface area contributed by atoms with Crippen LogP contribution in [0.3, 0.4) is 0 Å². The first-order valence-corrected chi connectivity index (χ1v) is 6.43. The number of aromatic nitrogens is 4. The third-order valence-electron chi connectivity index (χ3n) is 2.89. The van der Waals surface area contributed by atoms with Crippen LogP contribution in [0.2, 0.25) is 0 Å². The van der Waals surface area contributed by atoms with Gasteiger partial charge in [-0.1, -0.05) is 0 Å². The summed E-state index contributed by atoms with van der Waals surface area (Å²) >= 11 is 0. The zero-order chi connectivity index (χ0) is 14.5. The molecule has 0 aliphatic heterocycles. The maximum absolute atomic E-state index is 5.64. The second-order valence-electron chi connectivity index (χ2n) is 4.31. The van der Waals surface area contributed by atoms with Gasteiger partial charge in [0.2, 0.25) is 0 Å². The lowest BCUT2D eigenvalue weighted by atomic mass is 10.3. The number of nitrogens with zero attached hydrogens (tertiary/aromatic N) is 3. The Labute approximate surface area is 121 Å². The highest BCUT2D eigenvalue weighted by Gasteiger charge is 2.06. The topological polar surface area (TPSA) is 72.9 Å². The lowest BCUT2D eigenvalue weighted by Gasteiger charge is -2.04. The van der Waals surface area contributed by atoms with Crippen molar-refractivity contribution >= 4 is 0 Å². The van der Waals surface area contributed by atoms with Crippen molar-refractivity contribution in [2.45, 2.75) is 6.61 Å². The molecule has 2 heterocycles. The SMILES string of the molecule is COc1ccc(OCc2nc(-c3cccnc3)n[nH]2)cc1. The summed E-state index contributed by atoms with van der Waals surface area (Å²) in [4.78, 5) is 8.42. The summed E-state index contributed by atoms with van der Waals surface area (Å²) in [6.07, 6.45) is 3.43. The van der Waals surface area contributed by atoms with Crippen molar-refractivity contribution < 1.29 is 9.47 Å². The minimum Gasteiger partial charge on any atom is -0.497 e. The number of benzene rings is 1. The Kier molecular flexibility index (Phi) is 3.77. The molecular formula is C15H14N4O2. The van der Waals surface area contributed by atoms with Gasteiger partial charge in [0.1, 0.15) is 18.1 Å². The van der Waals surface area contributed by atoms with Crippen molar-refractivity contribution in [2.24, 2.45) is 0 Å². The fourth-order valence-electron chi connectivity index (χ4n) is 1.81. The first-order chi connectivity index (χ1) is 10.3. The molecule has 0 amide bonds. The maximum Gasteiger partial charge on any atom is 0.182 e. The normalized spacial score (nSPS) is 10.3. The van der Waals surface area contributed by atoms with Crippen LogP contribution in [-0.4, -0.2) is 27.3 Å². The first-order valence-electron chi connectivity index (χ1n) is 6.43. The summed E-state index contributed by atoms with van der Waals surface area (Å²) < 4.78 is 10.7. The van der Waals surface area contributed by atoms with E-state index in [0.29, 0.717) is 18.3 Å². The van der Waals surface area contributed by atoms with Crippen molar-refractivity contribution in [3.63, 3.8) is 0 Å². The number of aromatic amines is 1. The van der Waals surface area contributed by atoms with E-state index >= 15 is 0 Å². The van der Waals surface area contributed by atoms with Gasteiger partial charge in [-0.15, -0.1) is 0 Å². The number of pyridine rings is 1. The van der Waals surface area contributed by atoms with Crippen molar-refractivity contribution in [1.82, 2.24) is 20.2 Å². The van der Waals surface area contributed by atoms with E-state index in [0.717, 1.165) is 17.1 Å². The molecule has 0 saturated carbocycles. The van der Waals surface area contributed by atoms with E-state index in [1.807, 2.05) is 36.4 Å². The van der Waals surface area contributed by atoms with Crippen LogP contribution < -0.4 is 9.47 Å². The first kappa shape index (κ1) is 13.1. The van der Waals surface area contributed by atoms with Crippen LogP contribution in [0.15, 0.2) is 48.8 Å². The zero-order valence-electron chi connectivity index (χ0n) is 11.5. The van der Waals surface area contributed by atoms with Crippen LogP contribution in [0.5, 0.6) is 11.5 Å². The minimum absolute atomic E-state index is 0.319. The molecule has 0 spiro atoms. The van der Waals surface area contributed by atoms with E-state index in [1.165, 1.54) is 0 Å². The van der Waals surface area contributed by atoms with Crippen LogP contribution >= 0.6 is 0 Å². The average molecular weight is 282 g/mol. The van der Waals surface area contributed by atoms with Crippen LogP contribution in [-0.2, 0) is 6.61 Å². The van der Waals surface area contributed by atoms with Gasteiger partial charge in [-0.25, -0.2) is 4.98 Å². The second-order valence-corrected chi connectivity index (χ2v) is 4.31. The van der Waals surface area contributed by atoms with E-state index in [2.05, 4.69) is 20.2 Å². The number of hydrogen-bond donors (Lipinski definition) is 1. The molecule has 3 rings (SSSR count). The quantitative estimate of drug-likeness (QED) is 0.778. The smallest absolute Gasteiger partial charge is 0.182 e. The molecule has 6 nitrogen and oxygen atoms in total. The number of nitrogens with one attached hydrogen (secondary N) is 1. The Morgan fingerprint density at radius 1 is 1.10 bits per heavy atom. The van der Waals surface area contributed by atoms with E-state index in [-0.39, 0.29) is 0 Å². The monoisotopic (exact) mass is 282 g/mol. The molecule has 0 aliphatic carbocycles. The predicted molar refractivity (Wildman–Crippen MR) is 76.9 cm³/mol. The highest BCUT2D eigenvalue weighted by Crippen LogP contribution is 2.18. The van der Waals surface area contributed by atoms with Gasteiger partial charge in [0.15, 0.2) is 11.6 Å². The Balaban J connectivity index is 1.64. The van der Waals surface area contributed by atoms with Gasteiger partial charge in [-0.3, -0.25) is 10.1 Å². The molecular weight excluding hydrogens is 268 g/mol. The number of methoxy groups -OCH3 is 1. The molecule has 0 fully saturated rings. The van der Waals surface area contributed by atoms with Gasteiger partial charge >= 0.3 is 0 Å². The molecule has 1 aromatic carbocycles. The molecule has 0 atom stereocenters. The Morgan fingerprint density at radius 2 is 1.90 bits per heavy atom. The Morgan fingerprint density at radius 3 is 2.62 bits per heavy atom. The van der Waals surface area contributed by atoms with Gasteiger partial charge in [-0.05, 0) is 36.4 Å². The molecule has 0 saturated heterocycles. The lowest BCUT2D eigenvalue weighted by Crippen LogP contribution is -1.97. The molecule has 0 aliphatic rings. The number of ether oxygens (including phenoxy) is 2. The molecule has 0 radical (unpaired) electrons. The van der Waals surface area contributed by atoms with Crippen LogP contribution in [0, 0.1) is 0 Å². The summed E-state index contributed by atoms with van der Waals surface area (Å²) in [5, 5.41) is 7.01. The minimum atomic E-state index is 0.319. The predicted octanol–water partition coefficient (Wildman–Crippen LogP) is 2.45. The second kappa shape index (κ2) is 6.04. The lowest BCUT2D eigenvalue weighted by molar-refractivity contribution is 0.296. The highest BCUT2D eigenvalue weighted by atomic mass is 16.5. The summed E-state index contributed by atoms with van der Waals surface area (Å²) in [5.74, 6) is 2.80. The third-order valence-corrected chi connectivity index (χ3v) is 2.89. The van der Waals surface area contributed by atoms with Crippen molar-refractivity contribution in [3.8, 4) is 22.9 Å². The third kappa shape index (κ3) is 3.17. The van der Waals surface area contributed by atoms with Crippen LogP contribution in [0.1, 0.15) is 5.82 Å². The Bertz CT molecular complexity index is 695. The molecule has 106 valence electrons. The maximum atomic E-state index is 5.64. The van der Waals surface area contributed by atoms with Crippen molar-refractivity contribution in [2.75, 3.05) is 7.11 Å². The van der Waals surface area contributed by atoms with Gasteiger partial charge < -0.3 is 9.47 Å². The zero-order valence-corrected chi connectivity index (χ0v) is 11.5. The van der Waals surface area contributed by atoms with Crippen molar-refractivity contribution in [3.05, 3.63) is 54.6 Å². The fraction of sp³-hybridized carbons (Fsp3) is 0.133. The molecule has 0 bridgehead atoms. The molecule has 3 aromatic rings. The number of rotatable bonds is 5. The summed E-state index contributed by atoms with van der Waals surface area (Å²) in [5.41, 5.74) is 0.865. The van der Waals surface area contributed by atoms with Crippen LogP contribution in [0.4, 0.5) is 0 Å². The van der Waals surface area contributed by atoms with Gasteiger partial charge in [-0.2, -0.15) is 5.10 Å². The molecule has 6 heteroatoms. The largest absolute Gasteiger partial charge is 0.497 e. The molecule has 21 heavy (non-hydrogen) atoms.